The molecule has 0 saturated heterocycles. The zero-order valence-corrected chi connectivity index (χ0v) is 10.6. The summed E-state index contributed by atoms with van der Waals surface area (Å²) in [4.78, 5) is 0.490. The molecule has 0 amide bonds. The van der Waals surface area contributed by atoms with Crippen molar-refractivity contribution in [3.05, 3.63) is 59.3 Å². The van der Waals surface area contributed by atoms with Crippen LogP contribution < -0.4 is 4.74 Å². The molecular formula is C13H10ClN3O2. The quantitative estimate of drug-likeness (QED) is 0.473. The first-order valence-electron chi connectivity index (χ1n) is 5.70. The molecule has 19 heavy (non-hydrogen) atoms. The second-order valence-corrected chi connectivity index (χ2v) is 4.45. The van der Waals surface area contributed by atoms with Crippen molar-refractivity contribution in [3.8, 4) is 11.5 Å². The van der Waals surface area contributed by atoms with E-state index in [0.29, 0.717) is 28.6 Å². The van der Waals surface area contributed by atoms with Crippen molar-refractivity contribution in [1.82, 2.24) is 4.53 Å². The van der Waals surface area contributed by atoms with Gasteiger partial charge in [-0.3, -0.25) is 0 Å². The van der Waals surface area contributed by atoms with Crippen LogP contribution in [-0.4, -0.2) is 9.39 Å². The van der Waals surface area contributed by atoms with Crippen LogP contribution in [0.15, 0.2) is 53.8 Å². The van der Waals surface area contributed by atoms with E-state index in [-0.39, 0.29) is 0 Å². The van der Waals surface area contributed by atoms with E-state index in [1.807, 2.05) is 36.4 Å². The van der Waals surface area contributed by atoms with Crippen LogP contribution in [0.3, 0.4) is 0 Å². The van der Waals surface area contributed by atoms with Gasteiger partial charge in [-0.2, -0.15) is 0 Å². The van der Waals surface area contributed by atoms with Gasteiger partial charge in [0.25, 0.3) is 0 Å². The summed E-state index contributed by atoms with van der Waals surface area (Å²) >= 11 is 5.70. The lowest BCUT2D eigenvalue weighted by Crippen LogP contribution is -2.15. The third-order valence-corrected chi connectivity index (χ3v) is 2.91. The molecule has 0 atom stereocenters. The van der Waals surface area contributed by atoms with Crippen LogP contribution in [0.4, 0.5) is 5.69 Å². The molecule has 0 spiro atoms. The highest BCUT2D eigenvalue weighted by atomic mass is 35.5. The van der Waals surface area contributed by atoms with E-state index >= 15 is 0 Å². The molecule has 0 unspecified atom stereocenters. The Hall–Kier alpha value is -2.27. The number of ether oxygens (including phenoxy) is 1. The van der Waals surface area contributed by atoms with Gasteiger partial charge < -0.3 is 9.94 Å². The molecule has 2 aromatic rings. The molecular weight excluding hydrogens is 266 g/mol. The highest BCUT2D eigenvalue weighted by Crippen LogP contribution is 2.32. The minimum absolute atomic E-state index is 0.390. The van der Waals surface area contributed by atoms with Gasteiger partial charge in [0, 0.05) is 11.6 Å². The summed E-state index contributed by atoms with van der Waals surface area (Å²) in [5.41, 5.74) is 1.26. The topological polar surface area (TPSA) is 50.9 Å². The molecule has 0 bridgehead atoms. The average Bonchev–Trinajstić information content (AvgIpc) is 2.40. The largest absolute Gasteiger partial charge is 0.691 e. The van der Waals surface area contributed by atoms with Gasteiger partial charge in [-0.1, -0.05) is 22.7 Å². The van der Waals surface area contributed by atoms with Gasteiger partial charge in [-0.15, -0.1) is 4.86 Å². The van der Waals surface area contributed by atoms with E-state index < -0.39 is 0 Å². The normalized spacial score (nSPS) is 13.7. The van der Waals surface area contributed by atoms with Crippen molar-refractivity contribution in [3.63, 3.8) is 0 Å². The minimum atomic E-state index is 0.390. The lowest BCUT2D eigenvalue weighted by Gasteiger charge is -2.17. The van der Waals surface area contributed by atoms with Crippen LogP contribution in [0.2, 0.25) is 0 Å². The zero-order chi connectivity index (χ0) is 13.2. The van der Waals surface area contributed by atoms with Crippen LogP contribution in [0, 0.1) is 5.21 Å². The maximum atomic E-state index is 11.7. The van der Waals surface area contributed by atoms with Crippen LogP contribution in [-0.2, 0) is 6.54 Å². The highest BCUT2D eigenvalue weighted by molar-refractivity contribution is 6.13. The summed E-state index contributed by atoms with van der Waals surface area (Å²) in [7, 11) is 0. The molecule has 1 heterocycles. The van der Waals surface area contributed by atoms with E-state index in [9.17, 15) is 5.21 Å². The SMILES string of the molecule is [O-][N+]1=NN(Cl)Cc2ccc(Oc3ccccc3)cc21. The number of hydrogen-bond acceptors (Lipinski definition) is 4. The molecule has 0 aliphatic carbocycles. The molecule has 0 radical (unpaired) electrons. The fraction of sp³-hybridized carbons (Fsp3) is 0.0769. The molecule has 5 nitrogen and oxygen atoms in total. The van der Waals surface area contributed by atoms with Gasteiger partial charge in [0.1, 0.15) is 16.7 Å². The third-order valence-electron chi connectivity index (χ3n) is 2.72. The van der Waals surface area contributed by atoms with Gasteiger partial charge in [0.2, 0.25) is 0 Å². The Labute approximate surface area is 115 Å². The zero-order valence-electron chi connectivity index (χ0n) is 9.86. The van der Waals surface area contributed by atoms with Crippen molar-refractivity contribution in [1.29, 1.82) is 0 Å². The number of rotatable bonds is 2. The summed E-state index contributed by atoms with van der Waals surface area (Å²) in [5.74, 6) is 1.30. The average molecular weight is 276 g/mol. The molecule has 1 aliphatic heterocycles. The maximum absolute atomic E-state index is 11.7. The number of benzene rings is 2. The molecule has 1 aliphatic rings. The Morgan fingerprint density at radius 3 is 2.74 bits per heavy atom. The predicted octanol–water partition coefficient (Wildman–Crippen LogP) is 3.96. The van der Waals surface area contributed by atoms with Crippen molar-refractivity contribution < 1.29 is 9.60 Å². The van der Waals surface area contributed by atoms with Crippen molar-refractivity contribution in [2.45, 2.75) is 6.54 Å². The molecule has 3 rings (SSSR count). The Kier molecular flexibility index (Phi) is 2.97. The summed E-state index contributed by atoms with van der Waals surface area (Å²) in [6, 6.07) is 14.6. The Morgan fingerprint density at radius 2 is 1.95 bits per heavy atom. The summed E-state index contributed by atoms with van der Waals surface area (Å²) in [5, 5.41) is 15.3. The van der Waals surface area contributed by atoms with Gasteiger partial charge in [-0.25, -0.2) is 0 Å². The summed E-state index contributed by atoms with van der Waals surface area (Å²) < 4.78 is 6.74. The molecule has 0 N–H and O–H groups in total. The van der Waals surface area contributed by atoms with Gasteiger partial charge in [0.05, 0.1) is 0 Å². The molecule has 0 saturated carbocycles. The monoisotopic (exact) mass is 275 g/mol. The Bertz CT molecular complexity index is 631. The van der Waals surface area contributed by atoms with Gasteiger partial charge >= 0.3 is 0 Å². The molecule has 2 aromatic carbocycles. The predicted molar refractivity (Wildman–Crippen MR) is 70.1 cm³/mol. The standard InChI is InChI=1S/C13H10ClN3O2/c14-16-9-10-6-7-12(8-13(10)17(18)15-16)19-11-4-2-1-3-5-11/h1-8H,9H2. The van der Waals surface area contributed by atoms with Crippen LogP contribution >= 0.6 is 11.8 Å². The number of hydrogen-bond donors (Lipinski definition) is 0. The maximum Gasteiger partial charge on any atom is 0.165 e. The minimum Gasteiger partial charge on any atom is -0.691 e. The molecule has 0 fully saturated rings. The second-order valence-electron chi connectivity index (χ2n) is 4.06. The summed E-state index contributed by atoms with van der Waals surface area (Å²) in [6.07, 6.45) is 0. The number of fused-ring (bicyclic) bond motifs is 1. The molecule has 96 valence electrons. The lowest BCUT2D eigenvalue weighted by molar-refractivity contribution is -0.463. The van der Waals surface area contributed by atoms with E-state index in [1.165, 1.54) is 0 Å². The molecule has 6 heteroatoms. The van der Waals surface area contributed by atoms with Gasteiger partial charge in [-0.05, 0) is 24.3 Å². The molecule has 0 aromatic heterocycles. The summed E-state index contributed by atoms with van der Waals surface area (Å²) in [6.45, 7) is 0.390. The first-order valence-corrected chi connectivity index (χ1v) is 6.04. The smallest absolute Gasteiger partial charge is 0.165 e. The van der Waals surface area contributed by atoms with Crippen LogP contribution in [0.25, 0.3) is 0 Å². The highest BCUT2D eigenvalue weighted by Gasteiger charge is 2.21. The first-order chi connectivity index (χ1) is 9.22. The van der Waals surface area contributed by atoms with E-state index in [4.69, 9.17) is 16.5 Å². The first kappa shape index (κ1) is 11.8. The van der Waals surface area contributed by atoms with Gasteiger partial charge in [0.15, 0.2) is 24.0 Å². The lowest BCUT2D eigenvalue weighted by atomic mass is 10.1. The van der Waals surface area contributed by atoms with Crippen LogP contribution in [0.1, 0.15) is 5.56 Å². The third kappa shape index (κ3) is 2.46. The second kappa shape index (κ2) is 4.78. The van der Waals surface area contributed by atoms with E-state index in [1.54, 1.807) is 12.1 Å². The fourth-order valence-corrected chi connectivity index (χ4v) is 2.04. The van der Waals surface area contributed by atoms with Crippen molar-refractivity contribution in [2.24, 2.45) is 5.22 Å². The fourth-order valence-electron chi connectivity index (χ4n) is 1.85. The Morgan fingerprint density at radius 1 is 1.16 bits per heavy atom. The van der Waals surface area contributed by atoms with Crippen molar-refractivity contribution >= 4 is 17.5 Å². The number of nitrogens with zero attached hydrogens (tertiary/aromatic N) is 3. The van der Waals surface area contributed by atoms with E-state index in [0.717, 1.165) is 10.1 Å². The Balaban J connectivity index is 1.91. The number of halogens is 1. The van der Waals surface area contributed by atoms with E-state index in [2.05, 4.69) is 5.22 Å². The number of para-hydroxylation sites is 1. The van der Waals surface area contributed by atoms with Crippen LogP contribution in [0.5, 0.6) is 11.5 Å². The van der Waals surface area contributed by atoms with Crippen molar-refractivity contribution in [2.75, 3.05) is 0 Å².